The number of carboxylic acid groups (broad SMARTS) is 2. The molecule has 6 nitrogen and oxygen atoms in total. The van der Waals surface area contributed by atoms with Gasteiger partial charge in [-0.1, -0.05) is 18.2 Å². The fourth-order valence-electron chi connectivity index (χ4n) is 2.46. The van der Waals surface area contributed by atoms with Gasteiger partial charge in [0.15, 0.2) is 0 Å². The maximum atomic E-state index is 11.2. The van der Waals surface area contributed by atoms with Crippen LogP contribution in [0.4, 0.5) is 0 Å². The summed E-state index contributed by atoms with van der Waals surface area (Å²) in [7, 11) is 1.85. The van der Waals surface area contributed by atoms with Gasteiger partial charge in [-0.05, 0) is 24.3 Å². The molecule has 2 N–H and O–H groups in total. The van der Waals surface area contributed by atoms with Crippen molar-refractivity contribution in [3.8, 4) is 11.3 Å². The van der Waals surface area contributed by atoms with Gasteiger partial charge < -0.3 is 14.8 Å². The molecule has 6 heteroatoms. The van der Waals surface area contributed by atoms with Gasteiger partial charge in [-0.15, -0.1) is 0 Å². The minimum absolute atomic E-state index is 0.292. The lowest BCUT2D eigenvalue weighted by molar-refractivity contribution is 0.0685. The molecule has 0 saturated heterocycles. The number of aryl methyl sites for hydroxylation is 1. The number of fused-ring (bicyclic) bond motifs is 1. The Morgan fingerprint density at radius 3 is 2.14 bits per heavy atom. The van der Waals surface area contributed by atoms with E-state index in [0.717, 1.165) is 16.6 Å². The van der Waals surface area contributed by atoms with E-state index in [4.69, 9.17) is 10.2 Å². The third-order valence-electron chi connectivity index (χ3n) is 3.51. The van der Waals surface area contributed by atoms with Gasteiger partial charge in [-0.25, -0.2) is 14.6 Å². The summed E-state index contributed by atoms with van der Waals surface area (Å²) in [4.78, 5) is 25.9. The molecule has 110 valence electrons. The molecule has 0 aliphatic heterocycles. The van der Waals surface area contributed by atoms with Crippen LogP contribution in [0.15, 0.2) is 42.5 Å². The van der Waals surface area contributed by atoms with Crippen molar-refractivity contribution in [2.45, 2.75) is 0 Å². The fourth-order valence-corrected chi connectivity index (χ4v) is 2.46. The molecule has 2 heterocycles. The van der Waals surface area contributed by atoms with Crippen molar-refractivity contribution >= 4 is 22.8 Å². The first-order chi connectivity index (χ1) is 10.5. The van der Waals surface area contributed by atoms with E-state index >= 15 is 0 Å². The molecule has 0 amide bonds. The lowest BCUT2D eigenvalue weighted by atomic mass is 10.1. The van der Waals surface area contributed by atoms with Crippen molar-refractivity contribution in [3.63, 3.8) is 0 Å². The molecule has 0 bridgehead atoms. The lowest BCUT2D eigenvalue weighted by Gasteiger charge is -2.07. The molecule has 0 fully saturated rings. The van der Waals surface area contributed by atoms with E-state index in [0.29, 0.717) is 5.56 Å². The standard InChI is InChI=1S/C16H12N2O4/c1-18-13-5-3-2-4-9(13)8-14(18)10-6-11(15(19)20)17-12(7-10)16(21)22/h2-8H,1H3,(H,19,20)(H,21,22). The smallest absolute Gasteiger partial charge is 0.354 e. The van der Waals surface area contributed by atoms with Crippen LogP contribution in [0.1, 0.15) is 21.0 Å². The predicted molar refractivity (Wildman–Crippen MR) is 80.1 cm³/mol. The summed E-state index contributed by atoms with van der Waals surface area (Å²) in [5.74, 6) is -2.52. The zero-order chi connectivity index (χ0) is 15.9. The predicted octanol–water partition coefficient (Wildman–Crippen LogP) is 2.64. The molecular formula is C16H12N2O4. The number of pyridine rings is 1. The molecule has 0 radical (unpaired) electrons. The molecule has 2 aromatic heterocycles. The molecule has 0 saturated carbocycles. The summed E-state index contributed by atoms with van der Waals surface area (Å²) >= 11 is 0. The number of carbonyl (C=O) groups is 2. The summed E-state index contributed by atoms with van der Waals surface area (Å²) in [6, 6.07) is 12.3. The number of aromatic carboxylic acids is 2. The van der Waals surface area contributed by atoms with Crippen LogP contribution < -0.4 is 0 Å². The largest absolute Gasteiger partial charge is 0.477 e. The Morgan fingerprint density at radius 2 is 1.59 bits per heavy atom. The van der Waals surface area contributed by atoms with E-state index in [1.807, 2.05) is 41.9 Å². The van der Waals surface area contributed by atoms with E-state index < -0.39 is 11.9 Å². The van der Waals surface area contributed by atoms with Crippen molar-refractivity contribution in [1.29, 1.82) is 0 Å². The summed E-state index contributed by atoms with van der Waals surface area (Å²) < 4.78 is 1.89. The normalized spacial score (nSPS) is 10.8. The molecule has 1 aromatic carbocycles. The molecular weight excluding hydrogens is 284 g/mol. The minimum Gasteiger partial charge on any atom is -0.477 e. The Balaban J connectivity index is 2.27. The van der Waals surface area contributed by atoms with Gasteiger partial charge >= 0.3 is 11.9 Å². The maximum Gasteiger partial charge on any atom is 0.354 e. The molecule has 22 heavy (non-hydrogen) atoms. The number of para-hydroxylation sites is 1. The van der Waals surface area contributed by atoms with E-state index in [2.05, 4.69) is 4.98 Å². The van der Waals surface area contributed by atoms with Crippen LogP contribution in [-0.4, -0.2) is 31.7 Å². The van der Waals surface area contributed by atoms with E-state index in [1.54, 1.807) is 0 Å². The Hall–Kier alpha value is -3.15. The van der Waals surface area contributed by atoms with Crippen LogP contribution in [-0.2, 0) is 7.05 Å². The van der Waals surface area contributed by atoms with E-state index in [1.165, 1.54) is 12.1 Å². The Kier molecular flexibility index (Phi) is 3.14. The summed E-state index contributed by atoms with van der Waals surface area (Å²) in [5, 5.41) is 19.2. The monoisotopic (exact) mass is 296 g/mol. The molecule has 0 atom stereocenters. The van der Waals surface area contributed by atoms with Gasteiger partial charge in [0.25, 0.3) is 0 Å². The highest BCUT2D eigenvalue weighted by atomic mass is 16.4. The third-order valence-corrected chi connectivity index (χ3v) is 3.51. The van der Waals surface area contributed by atoms with Crippen LogP contribution in [0.25, 0.3) is 22.2 Å². The highest BCUT2D eigenvalue weighted by Gasteiger charge is 2.16. The highest BCUT2D eigenvalue weighted by Crippen LogP contribution is 2.28. The van der Waals surface area contributed by atoms with Gasteiger partial charge in [-0.3, -0.25) is 0 Å². The van der Waals surface area contributed by atoms with Crippen molar-refractivity contribution in [2.75, 3.05) is 0 Å². The lowest BCUT2D eigenvalue weighted by Crippen LogP contribution is -2.08. The second-order valence-corrected chi connectivity index (χ2v) is 4.88. The van der Waals surface area contributed by atoms with E-state index in [9.17, 15) is 9.59 Å². The van der Waals surface area contributed by atoms with Crippen LogP contribution in [0.2, 0.25) is 0 Å². The summed E-state index contributed by atoms with van der Waals surface area (Å²) in [6.45, 7) is 0. The number of carboxylic acids is 2. The van der Waals surface area contributed by atoms with E-state index in [-0.39, 0.29) is 11.4 Å². The molecule has 0 unspecified atom stereocenters. The Bertz CT molecular complexity index is 879. The average Bonchev–Trinajstić information content (AvgIpc) is 2.84. The number of aromatic nitrogens is 2. The zero-order valence-electron chi connectivity index (χ0n) is 11.6. The number of rotatable bonds is 3. The van der Waals surface area contributed by atoms with Gasteiger partial charge in [0.2, 0.25) is 0 Å². The molecule has 3 rings (SSSR count). The molecule has 3 aromatic rings. The van der Waals surface area contributed by atoms with Crippen molar-refractivity contribution in [1.82, 2.24) is 9.55 Å². The molecule has 0 aliphatic rings. The van der Waals surface area contributed by atoms with Crippen molar-refractivity contribution in [3.05, 3.63) is 53.9 Å². The third kappa shape index (κ3) is 2.20. The molecule has 0 spiro atoms. The second kappa shape index (κ2) is 5.00. The van der Waals surface area contributed by atoms with Crippen LogP contribution in [0.5, 0.6) is 0 Å². The van der Waals surface area contributed by atoms with Gasteiger partial charge in [-0.2, -0.15) is 0 Å². The van der Waals surface area contributed by atoms with Gasteiger partial charge in [0.1, 0.15) is 11.4 Å². The summed E-state index contributed by atoms with van der Waals surface area (Å²) in [5.41, 5.74) is 1.63. The molecule has 0 aliphatic carbocycles. The zero-order valence-corrected chi connectivity index (χ0v) is 11.6. The first-order valence-corrected chi connectivity index (χ1v) is 6.51. The number of hydrogen-bond donors (Lipinski definition) is 2. The van der Waals surface area contributed by atoms with Crippen molar-refractivity contribution < 1.29 is 19.8 Å². The van der Waals surface area contributed by atoms with Gasteiger partial charge in [0, 0.05) is 29.2 Å². The van der Waals surface area contributed by atoms with Crippen molar-refractivity contribution in [2.24, 2.45) is 7.05 Å². The topological polar surface area (TPSA) is 92.4 Å². The summed E-state index contributed by atoms with van der Waals surface area (Å²) in [6.07, 6.45) is 0. The number of hydrogen-bond acceptors (Lipinski definition) is 3. The van der Waals surface area contributed by atoms with Crippen LogP contribution in [0, 0.1) is 0 Å². The van der Waals surface area contributed by atoms with Gasteiger partial charge in [0.05, 0.1) is 0 Å². The van der Waals surface area contributed by atoms with Crippen LogP contribution in [0.3, 0.4) is 0 Å². The first kappa shape index (κ1) is 13.8. The minimum atomic E-state index is -1.26. The maximum absolute atomic E-state index is 11.2. The van der Waals surface area contributed by atoms with Crippen LogP contribution >= 0.6 is 0 Å². The number of nitrogens with zero attached hydrogens (tertiary/aromatic N) is 2. The second-order valence-electron chi connectivity index (χ2n) is 4.88. The Labute approximate surface area is 125 Å². The Morgan fingerprint density at radius 1 is 1.00 bits per heavy atom. The number of benzene rings is 1. The highest BCUT2D eigenvalue weighted by molar-refractivity contribution is 5.94. The average molecular weight is 296 g/mol. The first-order valence-electron chi connectivity index (χ1n) is 6.51. The quantitative estimate of drug-likeness (QED) is 0.775. The SMILES string of the molecule is Cn1c(-c2cc(C(=O)O)nc(C(=O)O)c2)cc2ccccc21. The fraction of sp³-hybridized carbons (Fsp3) is 0.0625.